The molecule has 58 heavy (non-hydrogen) atoms. The van der Waals surface area contributed by atoms with Crippen molar-refractivity contribution in [2.24, 2.45) is 0 Å². The summed E-state index contributed by atoms with van der Waals surface area (Å²) in [6.45, 7) is 0. The number of nitrogens with zero attached hydrogens (tertiary/aromatic N) is 5. The molecule has 4 heterocycles. The van der Waals surface area contributed by atoms with Gasteiger partial charge in [-0.25, -0.2) is 19.9 Å². The molecular weight excluding hydrogens is 727 g/mol. The molecule has 4 aromatic heterocycles. The van der Waals surface area contributed by atoms with E-state index in [0.29, 0.717) is 17.5 Å². The van der Waals surface area contributed by atoms with Crippen molar-refractivity contribution in [2.75, 3.05) is 0 Å². The summed E-state index contributed by atoms with van der Waals surface area (Å²) < 4.78 is 4.85. The Labute approximate surface area is 337 Å². The molecule has 0 N–H and O–H groups in total. The predicted octanol–water partition coefficient (Wildman–Crippen LogP) is 13.7. The maximum absolute atomic E-state index is 5.25. The minimum absolute atomic E-state index is 0.615. The van der Waals surface area contributed by atoms with Crippen molar-refractivity contribution in [3.8, 4) is 51.1 Å². The molecule has 0 saturated carbocycles. The van der Waals surface area contributed by atoms with Crippen LogP contribution in [-0.2, 0) is 0 Å². The highest BCUT2D eigenvalue weighted by Crippen LogP contribution is 2.43. The summed E-state index contributed by atoms with van der Waals surface area (Å²) in [6.07, 6.45) is 0. The summed E-state index contributed by atoms with van der Waals surface area (Å²) in [4.78, 5) is 20.6. The molecule has 12 rings (SSSR count). The maximum atomic E-state index is 5.25. The van der Waals surface area contributed by atoms with Crippen LogP contribution in [0.4, 0.5) is 0 Å². The van der Waals surface area contributed by atoms with E-state index in [0.717, 1.165) is 44.5 Å². The standard InChI is InChI=1S/C52H31N5S/c1-2-12-36-31-37(26-21-32(36)11-1)52-55-50(54-51(56-52)35-27-29-38(30-28-35)57-44-18-8-4-13-39(44)40-14-5-9-19-45(40)57)34-24-22-33(23-25-34)48-47-42-16-6-10-20-46(42)58-49(47)41-15-3-7-17-43(41)53-48/h1-31H. The Bertz CT molecular complexity index is 3510. The van der Waals surface area contributed by atoms with Crippen molar-refractivity contribution < 1.29 is 0 Å². The molecule has 0 aliphatic carbocycles. The molecule has 12 aromatic rings. The van der Waals surface area contributed by atoms with E-state index in [1.54, 1.807) is 0 Å². The maximum Gasteiger partial charge on any atom is 0.164 e. The molecule has 0 amide bonds. The molecule has 0 unspecified atom stereocenters. The van der Waals surface area contributed by atoms with Gasteiger partial charge in [-0.05, 0) is 65.4 Å². The zero-order valence-electron chi connectivity index (χ0n) is 31.0. The number of aromatic nitrogens is 5. The van der Waals surface area contributed by atoms with E-state index in [1.165, 1.54) is 52.8 Å². The van der Waals surface area contributed by atoms with Gasteiger partial charge in [0, 0.05) is 64.3 Å². The molecular formula is C52H31N5S. The van der Waals surface area contributed by atoms with Crippen LogP contribution in [0.25, 0.3) is 115 Å². The third kappa shape index (κ3) is 5.23. The highest BCUT2D eigenvalue weighted by molar-refractivity contribution is 7.26. The lowest BCUT2D eigenvalue weighted by molar-refractivity contribution is 1.07. The van der Waals surface area contributed by atoms with E-state index in [9.17, 15) is 0 Å². The molecule has 5 nitrogen and oxygen atoms in total. The second kappa shape index (κ2) is 13.0. The third-order valence-electron chi connectivity index (χ3n) is 11.2. The van der Waals surface area contributed by atoms with Gasteiger partial charge in [-0.2, -0.15) is 0 Å². The van der Waals surface area contributed by atoms with Crippen molar-refractivity contribution in [3.05, 3.63) is 188 Å². The predicted molar refractivity (Wildman–Crippen MR) is 242 cm³/mol. The number of pyridine rings is 1. The van der Waals surface area contributed by atoms with Crippen LogP contribution in [0, 0.1) is 0 Å². The minimum atomic E-state index is 0.615. The first-order valence-electron chi connectivity index (χ1n) is 19.4. The monoisotopic (exact) mass is 757 g/mol. The zero-order valence-corrected chi connectivity index (χ0v) is 31.9. The van der Waals surface area contributed by atoms with Gasteiger partial charge < -0.3 is 4.57 Å². The van der Waals surface area contributed by atoms with E-state index >= 15 is 0 Å². The first kappa shape index (κ1) is 32.7. The number of fused-ring (bicyclic) bond motifs is 9. The van der Waals surface area contributed by atoms with Crippen LogP contribution in [0.3, 0.4) is 0 Å². The van der Waals surface area contributed by atoms with Crippen LogP contribution in [0.5, 0.6) is 0 Å². The lowest BCUT2D eigenvalue weighted by Gasteiger charge is -2.12. The number of hydrogen-bond donors (Lipinski definition) is 0. The van der Waals surface area contributed by atoms with Gasteiger partial charge in [0.2, 0.25) is 0 Å². The lowest BCUT2D eigenvalue weighted by Crippen LogP contribution is -2.01. The Kier molecular flexibility index (Phi) is 7.33. The van der Waals surface area contributed by atoms with Crippen LogP contribution < -0.4 is 0 Å². The highest BCUT2D eigenvalue weighted by Gasteiger charge is 2.18. The molecule has 6 heteroatoms. The second-order valence-electron chi connectivity index (χ2n) is 14.6. The average Bonchev–Trinajstić information content (AvgIpc) is 3.85. The smallest absolute Gasteiger partial charge is 0.164 e. The van der Waals surface area contributed by atoms with E-state index in [2.05, 4.69) is 193 Å². The lowest BCUT2D eigenvalue weighted by atomic mass is 10.0. The molecule has 270 valence electrons. The summed E-state index contributed by atoms with van der Waals surface area (Å²) in [5.74, 6) is 1.86. The average molecular weight is 758 g/mol. The van der Waals surface area contributed by atoms with Gasteiger partial charge in [0.1, 0.15) is 0 Å². The van der Waals surface area contributed by atoms with Crippen molar-refractivity contribution in [1.82, 2.24) is 24.5 Å². The minimum Gasteiger partial charge on any atom is -0.309 e. The number of hydrogen-bond acceptors (Lipinski definition) is 5. The molecule has 8 aromatic carbocycles. The molecule has 0 saturated heterocycles. The fourth-order valence-corrected chi connectivity index (χ4v) is 9.69. The molecule has 0 fully saturated rings. The zero-order chi connectivity index (χ0) is 38.2. The fourth-order valence-electron chi connectivity index (χ4n) is 8.45. The van der Waals surface area contributed by atoms with Crippen molar-refractivity contribution in [3.63, 3.8) is 0 Å². The van der Waals surface area contributed by atoms with E-state index in [-0.39, 0.29) is 0 Å². The van der Waals surface area contributed by atoms with Gasteiger partial charge in [-0.1, -0.05) is 133 Å². The van der Waals surface area contributed by atoms with Gasteiger partial charge in [0.05, 0.1) is 22.2 Å². The van der Waals surface area contributed by atoms with E-state index in [1.807, 2.05) is 11.3 Å². The van der Waals surface area contributed by atoms with Crippen LogP contribution in [0.1, 0.15) is 0 Å². The SMILES string of the molecule is c1ccc2cc(-c3nc(-c4ccc(-c5nc6ccccc6c6sc7ccccc7c56)cc4)nc(-c4ccc(-n5c6ccccc6c6ccccc65)cc4)n3)ccc2c1. The Balaban J connectivity index is 0.990. The first-order chi connectivity index (χ1) is 28.7. The van der Waals surface area contributed by atoms with Gasteiger partial charge in [0.15, 0.2) is 17.5 Å². The summed E-state index contributed by atoms with van der Waals surface area (Å²) in [6, 6.07) is 66.1. The molecule has 0 aliphatic heterocycles. The Morgan fingerprint density at radius 3 is 1.60 bits per heavy atom. The Hall–Kier alpha value is -7.54. The topological polar surface area (TPSA) is 56.5 Å². The van der Waals surface area contributed by atoms with Crippen LogP contribution in [-0.4, -0.2) is 24.5 Å². The quantitative estimate of drug-likeness (QED) is 0.175. The fraction of sp³-hybridized carbons (Fsp3) is 0. The first-order valence-corrected chi connectivity index (χ1v) is 20.2. The summed E-state index contributed by atoms with van der Waals surface area (Å²) in [7, 11) is 0. The summed E-state index contributed by atoms with van der Waals surface area (Å²) >= 11 is 1.83. The van der Waals surface area contributed by atoms with Crippen LogP contribution >= 0.6 is 11.3 Å². The van der Waals surface area contributed by atoms with E-state index in [4.69, 9.17) is 19.9 Å². The van der Waals surface area contributed by atoms with Crippen molar-refractivity contribution in [2.45, 2.75) is 0 Å². The van der Waals surface area contributed by atoms with Gasteiger partial charge >= 0.3 is 0 Å². The van der Waals surface area contributed by atoms with Crippen molar-refractivity contribution in [1.29, 1.82) is 0 Å². The molecule has 0 radical (unpaired) electrons. The van der Waals surface area contributed by atoms with Crippen molar-refractivity contribution >= 4 is 75.0 Å². The number of para-hydroxylation sites is 3. The second-order valence-corrected chi connectivity index (χ2v) is 15.7. The van der Waals surface area contributed by atoms with Crippen LogP contribution in [0.15, 0.2) is 188 Å². The Morgan fingerprint density at radius 1 is 0.379 bits per heavy atom. The normalized spacial score (nSPS) is 11.8. The largest absolute Gasteiger partial charge is 0.309 e. The van der Waals surface area contributed by atoms with Gasteiger partial charge in [0.25, 0.3) is 0 Å². The summed E-state index contributed by atoms with van der Waals surface area (Å²) in [5.41, 5.74) is 9.21. The Morgan fingerprint density at radius 2 is 0.897 bits per heavy atom. The third-order valence-corrected chi connectivity index (χ3v) is 12.4. The molecule has 0 spiro atoms. The summed E-state index contributed by atoms with van der Waals surface area (Å²) in [5, 5.41) is 8.38. The number of benzene rings is 8. The van der Waals surface area contributed by atoms with Gasteiger partial charge in [-0.3, -0.25) is 0 Å². The molecule has 0 bridgehead atoms. The number of rotatable bonds is 5. The molecule has 0 atom stereocenters. The molecule has 0 aliphatic rings. The van der Waals surface area contributed by atoms with Crippen LogP contribution in [0.2, 0.25) is 0 Å². The highest BCUT2D eigenvalue weighted by atomic mass is 32.1. The van der Waals surface area contributed by atoms with Gasteiger partial charge in [-0.15, -0.1) is 11.3 Å². The number of thiophene rings is 1. The van der Waals surface area contributed by atoms with E-state index < -0.39 is 0 Å².